The molecule has 0 spiro atoms. The molecule has 0 bridgehead atoms. The van der Waals surface area contributed by atoms with Crippen LogP contribution in [0.5, 0.6) is 0 Å². The third-order valence-corrected chi connectivity index (χ3v) is 2.90. The molecule has 0 fully saturated rings. The largest absolute Gasteiger partial charge is 0.478 e. The fraction of sp³-hybridized carbons (Fsp3) is 0. The molecular weight excluding hydrogens is 268 g/mol. The van der Waals surface area contributed by atoms with Gasteiger partial charge in [-0.15, -0.1) is 0 Å². The van der Waals surface area contributed by atoms with Gasteiger partial charge in [-0.1, -0.05) is 29.8 Å². The monoisotopic (exact) mass is 276 g/mol. The topological polar surface area (TPSA) is 74.6 Å². The number of aromatic carboxylic acids is 2. The van der Waals surface area contributed by atoms with Crippen LogP contribution >= 0.6 is 11.6 Å². The predicted octanol–water partition coefficient (Wildman–Crippen LogP) is 3.40. The SMILES string of the molecule is O=C(O)c1ccc(-c2ccc(Cl)cc2)c(C(=O)O)c1. The average Bonchev–Trinajstić information content (AvgIpc) is 2.38. The smallest absolute Gasteiger partial charge is 0.336 e. The summed E-state index contributed by atoms with van der Waals surface area (Å²) >= 11 is 5.77. The molecule has 2 aromatic carbocycles. The van der Waals surface area contributed by atoms with Crippen LogP contribution in [0.25, 0.3) is 11.1 Å². The number of hydrogen-bond donors (Lipinski definition) is 2. The van der Waals surface area contributed by atoms with Crippen molar-refractivity contribution in [2.75, 3.05) is 0 Å². The molecule has 0 atom stereocenters. The Labute approximate surface area is 113 Å². The van der Waals surface area contributed by atoms with Crippen LogP contribution < -0.4 is 0 Å². The minimum absolute atomic E-state index is 0.0535. The Bertz CT molecular complexity index is 647. The van der Waals surface area contributed by atoms with Gasteiger partial charge in [0.25, 0.3) is 0 Å². The van der Waals surface area contributed by atoms with Gasteiger partial charge in [0, 0.05) is 5.02 Å². The highest BCUT2D eigenvalue weighted by Crippen LogP contribution is 2.26. The number of carboxylic acid groups (broad SMARTS) is 2. The van der Waals surface area contributed by atoms with E-state index in [1.165, 1.54) is 12.1 Å². The fourth-order valence-electron chi connectivity index (χ4n) is 1.74. The number of halogens is 1. The first-order chi connectivity index (χ1) is 8.99. The molecule has 0 aromatic heterocycles. The Morgan fingerprint density at radius 2 is 1.53 bits per heavy atom. The number of hydrogen-bond acceptors (Lipinski definition) is 2. The van der Waals surface area contributed by atoms with Crippen LogP contribution in [0.15, 0.2) is 42.5 Å². The Kier molecular flexibility index (Phi) is 3.53. The summed E-state index contributed by atoms with van der Waals surface area (Å²) in [5.74, 6) is -2.33. The Morgan fingerprint density at radius 1 is 0.895 bits per heavy atom. The molecule has 2 aromatic rings. The van der Waals surface area contributed by atoms with Gasteiger partial charge >= 0.3 is 11.9 Å². The van der Waals surface area contributed by atoms with E-state index in [1.807, 2.05) is 0 Å². The summed E-state index contributed by atoms with van der Waals surface area (Å²) in [6.07, 6.45) is 0. The summed E-state index contributed by atoms with van der Waals surface area (Å²) in [6, 6.07) is 10.7. The minimum Gasteiger partial charge on any atom is -0.478 e. The van der Waals surface area contributed by atoms with Crippen LogP contribution in [-0.4, -0.2) is 22.2 Å². The second-order valence-electron chi connectivity index (χ2n) is 3.88. The molecule has 0 unspecified atom stereocenters. The van der Waals surface area contributed by atoms with Gasteiger partial charge in [0.15, 0.2) is 0 Å². The number of benzene rings is 2. The summed E-state index contributed by atoms with van der Waals surface area (Å²) in [5.41, 5.74) is 1.00. The Balaban J connectivity index is 2.59. The van der Waals surface area contributed by atoms with Crippen LogP contribution in [0.1, 0.15) is 20.7 Å². The van der Waals surface area contributed by atoms with Gasteiger partial charge in [-0.25, -0.2) is 9.59 Å². The second-order valence-corrected chi connectivity index (χ2v) is 4.31. The lowest BCUT2D eigenvalue weighted by molar-refractivity contribution is 0.0696. The van der Waals surface area contributed by atoms with Crippen LogP contribution in [0.4, 0.5) is 0 Å². The van der Waals surface area contributed by atoms with Crippen molar-refractivity contribution >= 4 is 23.5 Å². The van der Waals surface area contributed by atoms with Crippen LogP contribution in [0.2, 0.25) is 5.02 Å². The van der Waals surface area contributed by atoms with E-state index < -0.39 is 11.9 Å². The van der Waals surface area contributed by atoms with Gasteiger partial charge in [-0.3, -0.25) is 0 Å². The van der Waals surface area contributed by atoms with Crippen LogP contribution in [-0.2, 0) is 0 Å². The highest BCUT2D eigenvalue weighted by molar-refractivity contribution is 6.30. The van der Waals surface area contributed by atoms with Crippen molar-refractivity contribution in [3.05, 3.63) is 58.6 Å². The third-order valence-electron chi connectivity index (χ3n) is 2.65. The Hall–Kier alpha value is -2.33. The Morgan fingerprint density at radius 3 is 2.05 bits per heavy atom. The van der Waals surface area contributed by atoms with E-state index in [-0.39, 0.29) is 11.1 Å². The first kappa shape index (κ1) is 13.1. The quantitative estimate of drug-likeness (QED) is 0.901. The van der Waals surface area contributed by atoms with Crippen molar-refractivity contribution in [3.8, 4) is 11.1 Å². The van der Waals surface area contributed by atoms with Crippen LogP contribution in [0, 0.1) is 0 Å². The highest BCUT2D eigenvalue weighted by atomic mass is 35.5. The molecule has 0 aliphatic heterocycles. The van der Waals surface area contributed by atoms with Crippen molar-refractivity contribution in [2.24, 2.45) is 0 Å². The van der Waals surface area contributed by atoms with Crippen molar-refractivity contribution < 1.29 is 19.8 Å². The summed E-state index contributed by atoms with van der Waals surface area (Å²) in [7, 11) is 0. The molecular formula is C14H9ClO4. The van der Waals surface area contributed by atoms with E-state index in [9.17, 15) is 9.59 Å². The number of rotatable bonds is 3. The lowest BCUT2D eigenvalue weighted by atomic mass is 9.97. The molecule has 0 saturated carbocycles. The van der Waals surface area contributed by atoms with Crippen molar-refractivity contribution in [3.63, 3.8) is 0 Å². The molecule has 5 heteroatoms. The number of carbonyl (C=O) groups is 2. The zero-order valence-corrected chi connectivity index (χ0v) is 10.4. The molecule has 0 radical (unpaired) electrons. The maximum absolute atomic E-state index is 11.2. The van der Waals surface area contributed by atoms with E-state index in [0.717, 1.165) is 6.07 Å². The van der Waals surface area contributed by atoms with Gasteiger partial charge in [-0.05, 0) is 35.4 Å². The summed E-state index contributed by atoms with van der Waals surface area (Å²) in [6.45, 7) is 0. The summed E-state index contributed by atoms with van der Waals surface area (Å²) in [5, 5.41) is 18.6. The molecule has 0 saturated heterocycles. The average molecular weight is 277 g/mol. The van der Waals surface area contributed by atoms with Gasteiger partial charge < -0.3 is 10.2 Å². The normalized spacial score (nSPS) is 10.2. The van der Waals surface area contributed by atoms with Crippen molar-refractivity contribution in [1.82, 2.24) is 0 Å². The van der Waals surface area contributed by atoms with E-state index >= 15 is 0 Å². The predicted molar refractivity (Wildman–Crippen MR) is 70.8 cm³/mol. The zero-order valence-electron chi connectivity index (χ0n) is 9.63. The van der Waals surface area contributed by atoms with Gasteiger partial charge in [0.05, 0.1) is 11.1 Å². The van der Waals surface area contributed by atoms with Crippen LogP contribution in [0.3, 0.4) is 0 Å². The van der Waals surface area contributed by atoms with Gasteiger partial charge in [-0.2, -0.15) is 0 Å². The van der Waals surface area contributed by atoms with E-state index in [0.29, 0.717) is 16.1 Å². The molecule has 4 nitrogen and oxygen atoms in total. The standard InChI is InChI=1S/C14H9ClO4/c15-10-4-1-8(2-5-10)11-6-3-9(13(16)17)7-12(11)14(18)19/h1-7H,(H,16,17)(H,18,19). The first-order valence-corrected chi connectivity index (χ1v) is 5.73. The summed E-state index contributed by atoms with van der Waals surface area (Å²) in [4.78, 5) is 22.1. The van der Waals surface area contributed by atoms with Crippen molar-refractivity contribution in [1.29, 1.82) is 0 Å². The molecule has 0 heterocycles. The zero-order chi connectivity index (χ0) is 14.0. The molecule has 2 N–H and O–H groups in total. The fourth-order valence-corrected chi connectivity index (χ4v) is 1.86. The van der Waals surface area contributed by atoms with E-state index in [2.05, 4.69) is 0 Å². The minimum atomic E-state index is -1.17. The molecule has 0 amide bonds. The lowest BCUT2D eigenvalue weighted by Crippen LogP contribution is -2.04. The lowest BCUT2D eigenvalue weighted by Gasteiger charge is -2.07. The molecule has 0 aliphatic rings. The maximum Gasteiger partial charge on any atom is 0.336 e. The molecule has 0 aliphatic carbocycles. The highest BCUT2D eigenvalue weighted by Gasteiger charge is 2.15. The van der Waals surface area contributed by atoms with Gasteiger partial charge in [0.2, 0.25) is 0 Å². The third kappa shape index (κ3) is 2.74. The van der Waals surface area contributed by atoms with E-state index in [1.54, 1.807) is 24.3 Å². The molecule has 96 valence electrons. The molecule has 19 heavy (non-hydrogen) atoms. The van der Waals surface area contributed by atoms with Crippen molar-refractivity contribution in [2.45, 2.75) is 0 Å². The number of carboxylic acids is 2. The molecule has 2 rings (SSSR count). The summed E-state index contributed by atoms with van der Waals surface area (Å²) < 4.78 is 0. The van der Waals surface area contributed by atoms with Gasteiger partial charge in [0.1, 0.15) is 0 Å². The van der Waals surface area contributed by atoms with E-state index in [4.69, 9.17) is 21.8 Å². The maximum atomic E-state index is 11.2. The first-order valence-electron chi connectivity index (χ1n) is 5.35. The second kappa shape index (κ2) is 5.12.